The fourth-order valence-electron chi connectivity index (χ4n) is 3.05. The maximum absolute atomic E-state index is 13.3. The van der Waals surface area contributed by atoms with Crippen molar-refractivity contribution < 1.29 is 28.0 Å². The highest BCUT2D eigenvalue weighted by atomic mass is 32.1. The number of benzene rings is 1. The van der Waals surface area contributed by atoms with Gasteiger partial charge in [-0.05, 0) is 57.1 Å². The van der Waals surface area contributed by atoms with E-state index in [0.717, 1.165) is 17.0 Å². The zero-order chi connectivity index (χ0) is 22.0. The summed E-state index contributed by atoms with van der Waals surface area (Å²) < 4.78 is 39.8. The zero-order valence-electron chi connectivity index (χ0n) is 15.7. The van der Waals surface area contributed by atoms with Gasteiger partial charge in [-0.3, -0.25) is 19.7 Å². The quantitative estimate of drug-likeness (QED) is 0.313. The minimum Gasteiger partial charge on any atom is -0.334 e. The van der Waals surface area contributed by atoms with E-state index in [0.29, 0.717) is 19.4 Å². The predicted molar refractivity (Wildman–Crippen MR) is 101 cm³/mol. The van der Waals surface area contributed by atoms with E-state index in [2.05, 4.69) is 0 Å². The van der Waals surface area contributed by atoms with Crippen LogP contribution in [0.1, 0.15) is 44.2 Å². The second-order valence-electron chi connectivity index (χ2n) is 6.97. The monoisotopic (exact) mass is 428 g/mol. The van der Waals surface area contributed by atoms with Gasteiger partial charge < -0.3 is 4.90 Å². The summed E-state index contributed by atoms with van der Waals surface area (Å²) in [5.41, 5.74) is -1.32. The van der Waals surface area contributed by atoms with Crippen molar-refractivity contribution in [2.24, 2.45) is 0 Å². The number of amides is 2. The van der Waals surface area contributed by atoms with Gasteiger partial charge in [0.15, 0.2) is 5.11 Å². The van der Waals surface area contributed by atoms with E-state index < -0.39 is 34.7 Å². The minimum atomic E-state index is -4.76. The summed E-state index contributed by atoms with van der Waals surface area (Å²) in [5.74, 6) is -1.03. The Morgan fingerprint density at radius 2 is 2.00 bits per heavy atom. The van der Waals surface area contributed by atoms with Gasteiger partial charge in [-0.25, -0.2) is 5.48 Å². The van der Waals surface area contributed by atoms with Gasteiger partial charge in [0.05, 0.1) is 22.9 Å². The first-order valence-corrected chi connectivity index (χ1v) is 9.06. The molecule has 1 aliphatic rings. The molecule has 1 fully saturated rings. The van der Waals surface area contributed by atoms with Gasteiger partial charge in [-0.2, -0.15) is 18.4 Å². The molecular formula is C18H19F3N4O3S. The summed E-state index contributed by atoms with van der Waals surface area (Å²) in [5, 5.41) is 17.5. The smallest absolute Gasteiger partial charge is 0.334 e. The van der Waals surface area contributed by atoms with Crippen molar-refractivity contribution >= 4 is 34.8 Å². The molecular weight excluding hydrogens is 409 g/mol. The topological polar surface area (TPSA) is 96.7 Å². The van der Waals surface area contributed by atoms with Gasteiger partial charge in [0.2, 0.25) is 5.91 Å². The number of hydrogen-bond acceptors (Lipinski definition) is 5. The lowest BCUT2D eigenvalue weighted by Crippen LogP contribution is -2.44. The lowest BCUT2D eigenvalue weighted by molar-refractivity contribution is -0.137. The van der Waals surface area contributed by atoms with E-state index in [4.69, 9.17) is 22.7 Å². The summed E-state index contributed by atoms with van der Waals surface area (Å²) >= 11 is 5.36. The van der Waals surface area contributed by atoms with Crippen LogP contribution in [-0.4, -0.2) is 39.1 Å². The van der Waals surface area contributed by atoms with E-state index in [1.165, 1.54) is 17.6 Å². The van der Waals surface area contributed by atoms with E-state index in [9.17, 15) is 22.8 Å². The molecule has 0 unspecified atom stereocenters. The Bertz CT molecular complexity index is 880. The first-order valence-electron chi connectivity index (χ1n) is 8.65. The highest BCUT2D eigenvalue weighted by Crippen LogP contribution is 2.37. The average Bonchev–Trinajstić information content (AvgIpc) is 2.82. The number of rotatable bonds is 6. The number of carbonyl (C=O) groups excluding carboxylic acids is 2. The number of nitriles is 1. The molecule has 156 valence electrons. The molecule has 29 heavy (non-hydrogen) atoms. The molecule has 7 nitrogen and oxygen atoms in total. The molecule has 0 spiro atoms. The number of nitrogens with zero attached hydrogens (tertiary/aromatic N) is 3. The molecule has 0 bridgehead atoms. The molecule has 2 rings (SSSR count). The summed E-state index contributed by atoms with van der Waals surface area (Å²) in [6, 6.07) is 4.51. The highest BCUT2D eigenvalue weighted by molar-refractivity contribution is 7.80. The molecule has 11 heteroatoms. The maximum Gasteiger partial charge on any atom is 0.417 e. The Hall–Kier alpha value is -2.71. The van der Waals surface area contributed by atoms with Crippen molar-refractivity contribution in [1.29, 1.82) is 5.26 Å². The van der Waals surface area contributed by atoms with E-state index in [-0.39, 0.29) is 17.2 Å². The maximum atomic E-state index is 13.3. The molecule has 0 aromatic heterocycles. The van der Waals surface area contributed by atoms with Crippen molar-refractivity contribution in [3.05, 3.63) is 29.3 Å². The lowest BCUT2D eigenvalue weighted by atomic mass is 10.0. The normalized spacial score (nSPS) is 16.2. The number of thiocarbonyl (C=S) groups is 1. The summed E-state index contributed by atoms with van der Waals surface area (Å²) in [7, 11) is 0. The third-order valence-electron chi connectivity index (χ3n) is 4.67. The van der Waals surface area contributed by atoms with Crippen LogP contribution >= 0.6 is 12.2 Å². The summed E-state index contributed by atoms with van der Waals surface area (Å²) in [4.78, 5) is 26.6. The van der Waals surface area contributed by atoms with Crippen LogP contribution in [0.4, 0.5) is 18.9 Å². The number of unbranched alkanes of at least 4 members (excludes halogenated alkanes) is 1. The predicted octanol–water partition coefficient (Wildman–Crippen LogP) is 2.96. The highest BCUT2D eigenvalue weighted by Gasteiger charge is 2.49. The average molecular weight is 428 g/mol. The second kappa shape index (κ2) is 8.34. The van der Waals surface area contributed by atoms with Crippen LogP contribution in [0.15, 0.2) is 18.2 Å². The number of anilines is 1. The molecule has 0 saturated carbocycles. The number of halogens is 3. The van der Waals surface area contributed by atoms with Crippen LogP contribution in [0.25, 0.3) is 0 Å². The van der Waals surface area contributed by atoms with Crippen LogP contribution in [0.5, 0.6) is 0 Å². The summed E-state index contributed by atoms with van der Waals surface area (Å²) in [6.07, 6.45) is -3.78. The van der Waals surface area contributed by atoms with Crippen LogP contribution in [-0.2, 0) is 15.8 Å². The first kappa shape index (κ1) is 22.6. The van der Waals surface area contributed by atoms with Crippen molar-refractivity contribution in [3.8, 4) is 6.07 Å². The van der Waals surface area contributed by atoms with Gasteiger partial charge in [0, 0.05) is 13.0 Å². The molecule has 0 aliphatic carbocycles. The van der Waals surface area contributed by atoms with Crippen molar-refractivity contribution in [2.75, 3.05) is 11.4 Å². The Balaban J connectivity index is 2.29. The van der Waals surface area contributed by atoms with Crippen molar-refractivity contribution in [1.82, 2.24) is 10.4 Å². The molecule has 1 heterocycles. The zero-order valence-corrected chi connectivity index (χ0v) is 16.5. The van der Waals surface area contributed by atoms with Crippen molar-refractivity contribution in [2.45, 2.75) is 44.8 Å². The van der Waals surface area contributed by atoms with Crippen LogP contribution in [0, 0.1) is 11.3 Å². The number of hydroxylamine groups is 1. The molecule has 1 aliphatic heterocycles. The lowest BCUT2D eigenvalue weighted by Gasteiger charge is -2.29. The number of alkyl halides is 3. The Labute approximate surface area is 170 Å². The van der Waals surface area contributed by atoms with E-state index in [1.54, 1.807) is 18.7 Å². The van der Waals surface area contributed by atoms with Gasteiger partial charge in [0.25, 0.3) is 5.91 Å². The van der Waals surface area contributed by atoms with Gasteiger partial charge in [0.1, 0.15) is 5.54 Å². The fourth-order valence-corrected chi connectivity index (χ4v) is 3.56. The summed E-state index contributed by atoms with van der Waals surface area (Å²) in [6.45, 7) is 3.52. The minimum absolute atomic E-state index is 0.0458. The van der Waals surface area contributed by atoms with Crippen molar-refractivity contribution in [3.63, 3.8) is 0 Å². The molecule has 1 aromatic carbocycles. The Morgan fingerprint density at radius 1 is 1.34 bits per heavy atom. The van der Waals surface area contributed by atoms with E-state index in [1.807, 2.05) is 0 Å². The third kappa shape index (κ3) is 4.49. The van der Waals surface area contributed by atoms with Crippen LogP contribution in [0.2, 0.25) is 0 Å². The number of carbonyl (C=O) groups is 2. The fraction of sp³-hybridized carbons (Fsp3) is 0.444. The molecule has 0 atom stereocenters. The molecule has 2 N–H and O–H groups in total. The number of nitrogens with one attached hydrogen (secondary N) is 1. The van der Waals surface area contributed by atoms with Gasteiger partial charge in [-0.15, -0.1) is 0 Å². The molecule has 2 amide bonds. The third-order valence-corrected chi connectivity index (χ3v) is 5.07. The van der Waals surface area contributed by atoms with Crippen LogP contribution in [0.3, 0.4) is 0 Å². The van der Waals surface area contributed by atoms with Gasteiger partial charge >= 0.3 is 6.18 Å². The SMILES string of the molecule is CC1(C)C(=O)N(c2ccc(C#N)c(C(F)(F)F)c2)C(=S)N1CCCCC(=O)NO. The molecule has 0 radical (unpaired) electrons. The van der Waals surface area contributed by atoms with Crippen LogP contribution < -0.4 is 10.4 Å². The largest absolute Gasteiger partial charge is 0.417 e. The Kier molecular flexibility index (Phi) is 6.50. The standard InChI is InChI=1S/C18H19F3N4O3S/c1-17(2)15(27)25(16(29)24(17)8-4-3-5-14(26)23-28)12-7-6-11(10-22)13(9-12)18(19,20)21/h6-7,9,28H,3-5,8H2,1-2H3,(H,23,26). The molecule has 1 saturated heterocycles. The Morgan fingerprint density at radius 3 is 2.55 bits per heavy atom. The number of hydrogen-bond donors (Lipinski definition) is 2. The van der Waals surface area contributed by atoms with E-state index >= 15 is 0 Å². The first-order chi connectivity index (χ1) is 13.4. The molecule has 1 aromatic rings. The van der Waals surface area contributed by atoms with Gasteiger partial charge in [-0.1, -0.05) is 0 Å². The second-order valence-corrected chi connectivity index (χ2v) is 7.33.